The van der Waals surface area contributed by atoms with E-state index in [1.54, 1.807) is 0 Å². The molecule has 0 aromatic heterocycles. The molecule has 1 aliphatic heterocycles. The first-order valence-electron chi connectivity index (χ1n) is 26.3. The lowest BCUT2D eigenvalue weighted by Gasteiger charge is -2.40. The van der Waals surface area contributed by atoms with Crippen LogP contribution in [-0.4, -0.2) is 89.2 Å². The second kappa shape index (κ2) is 42.5. The maximum atomic E-state index is 13.0. The van der Waals surface area contributed by atoms with Crippen molar-refractivity contribution < 1.29 is 58.2 Å². The summed E-state index contributed by atoms with van der Waals surface area (Å²) in [7, 11) is 0. The third-order valence-corrected chi connectivity index (χ3v) is 12.0. The van der Waals surface area contributed by atoms with Crippen molar-refractivity contribution in [3.05, 3.63) is 24.3 Å². The van der Waals surface area contributed by atoms with Crippen molar-refractivity contribution in [3.8, 4) is 0 Å². The van der Waals surface area contributed by atoms with Crippen molar-refractivity contribution >= 4 is 23.9 Å². The lowest BCUT2D eigenvalue weighted by Crippen LogP contribution is -2.61. The van der Waals surface area contributed by atoms with E-state index >= 15 is 0 Å². The smallest absolute Gasteiger partial charge is 0.335 e. The Bertz CT molecular complexity index is 1240. The minimum Gasteiger partial charge on any atom is -0.479 e. The van der Waals surface area contributed by atoms with Gasteiger partial charge in [0.25, 0.3) is 0 Å². The molecule has 1 fully saturated rings. The Kier molecular flexibility index (Phi) is 39.4. The highest BCUT2D eigenvalue weighted by Crippen LogP contribution is 2.26. The van der Waals surface area contributed by atoms with E-state index in [0.29, 0.717) is 19.3 Å². The molecule has 1 aliphatic rings. The van der Waals surface area contributed by atoms with Gasteiger partial charge in [0.2, 0.25) is 0 Å². The second-order valence-corrected chi connectivity index (χ2v) is 18.2. The molecule has 12 nitrogen and oxygen atoms in total. The van der Waals surface area contributed by atoms with Gasteiger partial charge in [-0.2, -0.15) is 0 Å². The van der Waals surface area contributed by atoms with Crippen LogP contribution >= 0.6 is 0 Å². The molecule has 65 heavy (non-hydrogen) atoms. The standard InChI is InChI=1S/C53H94O12/c1-4-7-10-13-16-19-21-22-23-24-26-28-30-33-36-39-45(54)61-42-44(63-46(55)40-37-34-31-27-18-15-12-9-6-3)43-62-53-51(49(58)48(57)50(65-53)52(59)60)64-47(56)41-38-35-32-29-25-20-17-14-11-8-5-2/h16,19,22-23,44,48-51,53,57-58H,4-15,17-18,20-21,24-43H2,1-3H3,(H,59,60)/b19-16-,23-22-. The molecule has 0 bridgehead atoms. The van der Waals surface area contributed by atoms with Gasteiger partial charge in [-0.05, 0) is 51.4 Å². The van der Waals surface area contributed by atoms with Crippen LogP contribution in [0.3, 0.4) is 0 Å². The first-order valence-corrected chi connectivity index (χ1v) is 26.3. The number of aliphatic carboxylic acids is 1. The van der Waals surface area contributed by atoms with E-state index in [9.17, 15) is 34.5 Å². The molecular weight excluding hydrogens is 829 g/mol. The molecular formula is C53H94O12. The molecule has 0 amide bonds. The summed E-state index contributed by atoms with van der Waals surface area (Å²) in [5.41, 5.74) is 0. The maximum absolute atomic E-state index is 13.0. The van der Waals surface area contributed by atoms with Crippen molar-refractivity contribution in [2.24, 2.45) is 0 Å². The molecule has 0 saturated carbocycles. The summed E-state index contributed by atoms with van der Waals surface area (Å²) in [5.74, 6) is -3.12. The minimum atomic E-state index is -1.90. The topological polar surface area (TPSA) is 175 Å². The van der Waals surface area contributed by atoms with Gasteiger partial charge in [-0.15, -0.1) is 0 Å². The summed E-state index contributed by atoms with van der Waals surface area (Å²) < 4.78 is 28.2. The van der Waals surface area contributed by atoms with Crippen molar-refractivity contribution in [2.45, 2.75) is 276 Å². The number of carbonyl (C=O) groups excluding carboxylic acids is 3. The zero-order chi connectivity index (χ0) is 47.6. The summed E-state index contributed by atoms with van der Waals surface area (Å²) in [6.45, 7) is 5.90. The van der Waals surface area contributed by atoms with Crippen LogP contribution in [0.15, 0.2) is 24.3 Å². The number of carboxylic acids is 1. The number of rotatable bonds is 44. The van der Waals surface area contributed by atoms with Crippen molar-refractivity contribution in [1.29, 1.82) is 0 Å². The Hall–Kier alpha value is -2.80. The number of aliphatic hydroxyl groups is 2. The summed E-state index contributed by atoms with van der Waals surface area (Å²) in [5, 5.41) is 31.3. The number of carboxylic acid groups (broad SMARTS) is 1. The van der Waals surface area contributed by atoms with Gasteiger partial charge in [0.15, 0.2) is 24.6 Å². The maximum Gasteiger partial charge on any atom is 0.335 e. The number of unbranched alkanes of at least 4 members (excludes halogenated alkanes) is 26. The van der Waals surface area contributed by atoms with Gasteiger partial charge in [0.05, 0.1) is 6.61 Å². The van der Waals surface area contributed by atoms with Crippen LogP contribution < -0.4 is 0 Å². The number of hydrogen-bond donors (Lipinski definition) is 3. The number of hydrogen-bond acceptors (Lipinski definition) is 11. The molecule has 3 N–H and O–H groups in total. The lowest BCUT2D eigenvalue weighted by atomic mass is 9.98. The van der Waals surface area contributed by atoms with E-state index in [1.165, 1.54) is 89.9 Å². The molecule has 0 aliphatic carbocycles. The Labute approximate surface area is 394 Å². The predicted molar refractivity (Wildman–Crippen MR) is 257 cm³/mol. The zero-order valence-electron chi connectivity index (χ0n) is 41.2. The van der Waals surface area contributed by atoms with E-state index in [2.05, 4.69) is 45.1 Å². The van der Waals surface area contributed by atoms with E-state index in [4.69, 9.17) is 23.7 Å². The highest BCUT2D eigenvalue weighted by Gasteiger charge is 2.50. The first kappa shape index (κ1) is 60.2. The van der Waals surface area contributed by atoms with E-state index < -0.39 is 67.3 Å². The van der Waals surface area contributed by atoms with Crippen LogP contribution in [0.2, 0.25) is 0 Å². The zero-order valence-corrected chi connectivity index (χ0v) is 41.2. The Morgan fingerprint density at radius 3 is 1.42 bits per heavy atom. The van der Waals surface area contributed by atoms with Crippen LogP contribution in [0.5, 0.6) is 0 Å². The average Bonchev–Trinajstić information content (AvgIpc) is 3.29. The molecule has 0 aromatic carbocycles. The van der Waals surface area contributed by atoms with Gasteiger partial charge in [-0.25, -0.2) is 4.79 Å². The molecule has 0 radical (unpaired) electrons. The summed E-state index contributed by atoms with van der Waals surface area (Å²) in [4.78, 5) is 50.7. The quantitative estimate of drug-likeness (QED) is 0.0229. The average molecular weight is 923 g/mol. The highest BCUT2D eigenvalue weighted by molar-refractivity contribution is 5.74. The van der Waals surface area contributed by atoms with Crippen molar-refractivity contribution in [2.75, 3.05) is 13.2 Å². The Morgan fingerprint density at radius 1 is 0.508 bits per heavy atom. The Balaban J connectivity index is 2.71. The highest BCUT2D eigenvalue weighted by atomic mass is 16.7. The number of carbonyl (C=O) groups is 4. The second-order valence-electron chi connectivity index (χ2n) is 18.2. The van der Waals surface area contributed by atoms with Gasteiger partial charge in [0, 0.05) is 19.3 Å². The third-order valence-electron chi connectivity index (χ3n) is 12.0. The fourth-order valence-electron chi connectivity index (χ4n) is 7.93. The van der Waals surface area contributed by atoms with Gasteiger partial charge < -0.3 is 39.0 Å². The molecule has 6 atom stereocenters. The molecule has 0 spiro atoms. The third kappa shape index (κ3) is 33.3. The summed E-state index contributed by atoms with van der Waals surface area (Å²) in [6.07, 6.45) is 33.2. The van der Waals surface area contributed by atoms with Crippen LogP contribution in [0, 0.1) is 0 Å². The summed E-state index contributed by atoms with van der Waals surface area (Å²) >= 11 is 0. The molecule has 378 valence electrons. The number of aliphatic hydroxyl groups excluding tert-OH is 2. The van der Waals surface area contributed by atoms with Crippen molar-refractivity contribution in [1.82, 2.24) is 0 Å². The van der Waals surface area contributed by atoms with Crippen LogP contribution in [-0.2, 0) is 42.9 Å². The molecule has 1 heterocycles. The number of allylic oxidation sites excluding steroid dienone is 4. The van der Waals surface area contributed by atoms with Crippen molar-refractivity contribution in [3.63, 3.8) is 0 Å². The van der Waals surface area contributed by atoms with Gasteiger partial charge in [-0.1, -0.05) is 193 Å². The predicted octanol–water partition coefficient (Wildman–Crippen LogP) is 12.3. The minimum absolute atomic E-state index is 0.0646. The normalized spacial score (nSPS) is 19.2. The lowest BCUT2D eigenvalue weighted by molar-refractivity contribution is -0.301. The molecule has 12 heteroatoms. The molecule has 1 saturated heterocycles. The summed E-state index contributed by atoms with van der Waals surface area (Å²) in [6, 6.07) is 0. The van der Waals surface area contributed by atoms with Crippen LogP contribution in [0.1, 0.15) is 239 Å². The van der Waals surface area contributed by atoms with E-state index in [-0.39, 0.29) is 25.9 Å². The molecule has 1 rings (SSSR count). The van der Waals surface area contributed by atoms with Gasteiger partial charge >= 0.3 is 23.9 Å². The SMILES string of the molecule is CCCCC/C=C\C/C=C\CCCCCCCC(=O)OCC(COC1OC(C(=O)O)C(O)C(O)C1OC(=O)CCCCCCCCCCCCC)OC(=O)CCCCCCCCCCC. The fraction of sp³-hybridized carbons (Fsp3) is 0.849. The van der Waals surface area contributed by atoms with Gasteiger partial charge in [-0.3, -0.25) is 14.4 Å². The van der Waals surface area contributed by atoms with Gasteiger partial charge in [0.1, 0.15) is 18.8 Å². The molecule has 6 unspecified atom stereocenters. The van der Waals surface area contributed by atoms with Crippen LogP contribution in [0.25, 0.3) is 0 Å². The Morgan fingerprint density at radius 2 is 0.923 bits per heavy atom. The number of esters is 3. The number of ether oxygens (including phenoxy) is 5. The first-order chi connectivity index (χ1) is 31.6. The fourth-order valence-corrected chi connectivity index (χ4v) is 7.93. The monoisotopic (exact) mass is 923 g/mol. The molecule has 0 aromatic rings. The largest absolute Gasteiger partial charge is 0.479 e. The van der Waals surface area contributed by atoms with E-state index in [1.807, 2.05) is 0 Å². The van der Waals surface area contributed by atoms with Crippen LogP contribution in [0.4, 0.5) is 0 Å². The van der Waals surface area contributed by atoms with E-state index in [0.717, 1.165) is 89.9 Å².